The van der Waals surface area contributed by atoms with Crippen molar-refractivity contribution in [1.82, 2.24) is 19.9 Å². The van der Waals surface area contributed by atoms with E-state index in [1.54, 1.807) is 34.8 Å². The number of benzene rings is 1. The summed E-state index contributed by atoms with van der Waals surface area (Å²) in [6, 6.07) is 10.4. The highest BCUT2D eigenvalue weighted by molar-refractivity contribution is 7.03. The van der Waals surface area contributed by atoms with Crippen molar-refractivity contribution in [3.05, 3.63) is 71.0 Å². The third kappa shape index (κ3) is 4.80. The molecule has 0 aliphatic heterocycles. The number of carbonyl (C=O) groups is 2. The zero-order valence-electron chi connectivity index (χ0n) is 17.4. The van der Waals surface area contributed by atoms with Gasteiger partial charge in [-0.25, -0.2) is 0 Å². The van der Waals surface area contributed by atoms with Crippen molar-refractivity contribution in [1.29, 1.82) is 0 Å². The van der Waals surface area contributed by atoms with E-state index < -0.39 is 6.04 Å². The molecule has 2 amide bonds. The number of carbonyl (C=O) groups excluding carboxylic acids is 2. The van der Waals surface area contributed by atoms with Crippen LogP contribution in [-0.2, 0) is 4.79 Å². The molecule has 1 N–H and O–H groups in total. The molecule has 2 heterocycles. The number of pyridine rings is 1. The second-order valence-electron chi connectivity index (χ2n) is 7.78. The van der Waals surface area contributed by atoms with Gasteiger partial charge >= 0.3 is 0 Å². The molecule has 0 bridgehead atoms. The molecule has 1 fully saturated rings. The van der Waals surface area contributed by atoms with Crippen LogP contribution in [0, 0.1) is 6.92 Å². The van der Waals surface area contributed by atoms with Crippen molar-refractivity contribution in [2.75, 3.05) is 4.90 Å². The monoisotopic (exact) mass is 435 g/mol. The molecule has 4 rings (SSSR count). The van der Waals surface area contributed by atoms with E-state index in [-0.39, 0.29) is 23.6 Å². The van der Waals surface area contributed by atoms with E-state index in [0.29, 0.717) is 11.3 Å². The van der Waals surface area contributed by atoms with E-state index in [0.717, 1.165) is 42.8 Å². The molecule has 0 unspecified atom stereocenters. The SMILES string of the molecule is Cc1ccccc1N(C(=O)c1csnn1)[C@@H](C(=O)NC1CCCCC1)c1ccncc1. The number of rotatable bonds is 6. The molecule has 7 nitrogen and oxygen atoms in total. The molecular formula is C23H25N5O2S. The smallest absolute Gasteiger partial charge is 0.280 e. The summed E-state index contributed by atoms with van der Waals surface area (Å²) < 4.78 is 3.85. The van der Waals surface area contributed by atoms with E-state index in [4.69, 9.17) is 0 Å². The first-order valence-corrected chi connectivity index (χ1v) is 11.4. The molecule has 1 atom stereocenters. The molecule has 160 valence electrons. The van der Waals surface area contributed by atoms with Crippen molar-refractivity contribution in [3.8, 4) is 0 Å². The van der Waals surface area contributed by atoms with Gasteiger partial charge in [-0.1, -0.05) is 41.9 Å². The van der Waals surface area contributed by atoms with Crippen LogP contribution in [0.1, 0.15) is 59.8 Å². The number of nitrogens with one attached hydrogen (secondary N) is 1. The Morgan fingerprint density at radius 1 is 1.10 bits per heavy atom. The van der Waals surface area contributed by atoms with Crippen molar-refractivity contribution < 1.29 is 9.59 Å². The van der Waals surface area contributed by atoms with Gasteiger partial charge in [-0.3, -0.25) is 19.5 Å². The molecule has 1 aromatic carbocycles. The zero-order chi connectivity index (χ0) is 21.6. The lowest BCUT2D eigenvalue weighted by Gasteiger charge is -2.33. The Kier molecular flexibility index (Phi) is 6.66. The Morgan fingerprint density at radius 3 is 2.52 bits per heavy atom. The van der Waals surface area contributed by atoms with Crippen molar-refractivity contribution in [2.24, 2.45) is 0 Å². The van der Waals surface area contributed by atoms with Gasteiger partial charge in [-0.2, -0.15) is 0 Å². The molecule has 31 heavy (non-hydrogen) atoms. The minimum absolute atomic E-state index is 0.125. The number of para-hydroxylation sites is 1. The molecule has 1 aliphatic rings. The summed E-state index contributed by atoms with van der Waals surface area (Å²) >= 11 is 1.11. The number of aryl methyl sites for hydroxylation is 1. The van der Waals surface area contributed by atoms with Crippen LogP contribution in [0.4, 0.5) is 5.69 Å². The van der Waals surface area contributed by atoms with Crippen LogP contribution in [0.2, 0.25) is 0 Å². The Bertz CT molecular complexity index is 1020. The number of hydrogen-bond donors (Lipinski definition) is 1. The number of hydrogen-bond acceptors (Lipinski definition) is 6. The van der Waals surface area contributed by atoms with E-state index in [2.05, 4.69) is 19.9 Å². The normalized spacial score (nSPS) is 15.3. The van der Waals surface area contributed by atoms with Gasteiger partial charge in [0.05, 0.1) is 0 Å². The highest BCUT2D eigenvalue weighted by atomic mass is 32.1. The second kappa shape index (κ2) is 9.78. The third-order valence-corrected chi connectivity index (χ3v) is 6.16. The first-order valence-electron chi connectivity index (χ1n) is 10.5. The summed E-state index contributed by atoms with van der Waals surface area (Å²) in [6.45, 7) is 1.93. The molecule has 0 saturated heterocycles. The Morgan fingerprint density at radius 2 is 1.84 bits per heavy atom. The lowest BCUT2D eigenvalue weighted by Crippen LogP contribution is -2.47. The number of anilines is 1. The number of aromatic nitrogens is 3. The average Bonchev–Trinajstić information content (AvgIpc) is 3.34. The van der Waals surface area contributed by atoms with E-state index in [1.165, 1.54) is 6.42 Å². The maximum atomic E-state index is 13.7. The number of nitrogens with zero attached hydrogens (tertiary/aromatic N) is 4. The number of amides is 2. The van der Waals surface area contributed by atoms with Gasteiger partial charge < -0.3 is 5.32 Å². The predicted molar refractivity (Wildman–Crippen MR) is 120 cm³/mol. The summed E-state index contributed by atoms with van der Waals surface area (Å²) in [5, 5.41) is 8.78. The predicted octanol–water partition coefficient (Wildman–Crippen LogP) is 4.08. The van der Waals surface area contributed by atoms with Gasteiger partial charge in [0.2, 0.25) is 5.91 Å². The van der Waals surface area contributed by atoms with Gasteiger partial charge in [-0.15, -0.1) is 5.10 Å². The van der Waals surface area contributed by atoms with Gasteiger partial charge in [0.15, 0.2) is 5.69 Å². The fourth-order valence-electron chi connectivity index (χ4n) is 4.07. The van der Waals surface area contributed by atoms with Crippen LogP contribution in [0.5, 0.6) is 0 Å². The maximum absolute atomic E-state index is 13.7. The zero-order valence-corrected chi connectivity index (χ0v) is 18.2. The minimum Gasteiger partial charge on any atom is -0.351 e. The Balaban J connectivity index is 1.78. The molecular weight excluding hydrogens is 410 g/mol. The van der Waals surface area contributed by atoms with Crippen LogP contribution < -0.4 is 10.2 Å². The summed E-state index contributed by atoms with van der Waals surface area (Å²) in [7, 11) is 0. The molecule has 2 aromatic heterocycles. The first-order chi connectivity index (χ1) is 15.1. The molecule has 0 radical (unpaired) electrons. The Hall–Kier alpha value is -3.13. The third-order valence-electron chi connectivity index (χ3n) is 5.65. The Labute approximate surface area is 185 Å². The van der Waals surface area contributed by atoms with Crippen LogP contribution in [0.25, 0.3) is 0 Å². The van der Waals surface area contributed by atoms with Crippen LogP contribution in [0.3, 0.4) is 0 Å². The minimum atomic E-state index is -0.847. The maximum Gasteiger partial charge on any atom is 0.280 e. The fraction of sp³-hybridized carbons (Fsp3) is 0.348. The lowest BCUT2D eigenvalue weighted by molar-refractivity contribution is -0.123. The molecule has 0 spiro atoms. The lowest BCUT2D eigenvalue weighted by atomic mass is 9.94. The fourth-order valence-corrected chi connectivity index (χ4v) is 4.50. The molecule has 1 aliphatic carbocycles. The highest BCUT2D eigenvalue weighted by Crippen LogP contribution is 2.32. The van der Waals surface area contributed by atoms with Gasteiger partial charge in [0.1, 0.15) is 6.04 Å². The standard InChI is InChI=1S/C23H25N5O2S/c1-16-7-5-6-10-20(16)28(23(30)19-15-31-27-26-19)21(17-11-13-24-14-12-17)22(29)25-18-8-3-2-4-9-18/h5-7,10-15,18,21H,2-4,8-9H2,1H3,(H,25,29)/t21-/m1/s1. The van der Waals surface area contributed by atoms with Crippen molar-refractivity contribution in [2.45, 2.75) is 51.1 Å². The molecule has 3 aromatic rings. The quantitative estimate of drug-likeness (QED) is 0.630. The summed E-state index contributed by atoms with van der Waals surface area (Å²) in [5.41, 5.74) is 2.48. The van der Waals surface area contributed by atoms with Crippen molar-refractivity contribution >= 4 is 29.0 Å². The first kappa shape index (κ1) is 21.1. The van der Waals surface area contributed by atoms with Crippen LogP contribution >= 0.6 is 11.5 Å². The largest absolute Gasteiger partial charge is 0.351 e. The molecule has 8 heteroatoms. The summed E-state index contributed by atoms with van der Waals surface area (Å²) in [4.78, 5) is 32.9. The van der Waals surface area contributed by atoms with Crippen molar-refractivity contribution in [3.63, 3.8) is 0 Å². The molecule has 1 saturated carbocycles. The van der Waals surface area contributed by atoms with Gasteiger partial charge in [0, 0.05) is 29.5 Å². The second-order valence-corrected chi connectivity index (χ2v) is 8.39. The summed E-state index contributed by atoms with van der Waals surface area (Å²) in [5.74, 6) is -0.554. The van der Waals surface area contributed by atoms with E-state index in [9.17, 15) is 9.59 Å². The van der Waals surface area contributed by atoms with Gasteiger partial charge in [-0.05, 0) is 60.6 Å². The van der Waals surface area contributed by atoms with Crippen LogP contribution in [0.15, 0.2) is 54.2 Å². The topological polar surface area (TPSA) is 88.1 Å². The summed E-state index contributed by atoms with van der Waals surface area (Å²) in [6.07, 6.45) is 8.62. The van der Waals surface area contributed by atoms with Gasteiger partial charge in [0.25, 0.3) is 5.91 Å². The van der Waals surface area contributed by atoms with Crippen LogP contribution in [-0.4, -0.2) is 32.4 Å². The van der Waals surface area contributed by atoms with E-state index >= 15 is 0 Å². The highest BCUT2D eigenvalue weighted by Gasteiger charge is 2.36. The average molecular weight is 436 g/mol. The van der Waals surface area contributed by atoms with E-state index in [1.807, 2.05) is 31.2 Å².